The first-order valence-corrected chi connectivity index (χ1v) is 4.83. The van der Waals surface area contributed by atoms with Crippen molar-refractivity contribution in [1.82, 2.24) is 0 Å². The van der Waals surface area contributed by atoms with E-state index in [4.69, 9.17) is 5.73 Å². The number of rotatable bonds is 3. The molecule has 71 valence electrons. The summed E-state index contributed by atoms with van der Waals surface area (Å²) in [7, 11) is 0. The highest BCUT2D eigenvalue weighted by molar-refractivity contribution is 5.30. The molecule has 0 unspecified atom stereocenters. The summed E-state index contributed by atoms with van der Waals surface area (Å²) in [6.45, 7) is 7.15. The number of benzene rings is 1. The van der Waals surface area contributed by atoms with Crippen molar-refractivity contribution in [2.45, 2.75) is 33.7 Å². The zero-order chi connectivity index (χ0) is 9.84. The topological polar surface area (TPSA) is 26.0 Å². The van der Waals surface area contributed by atoms with Gasteiger partial charge in [-0.25, -0.2) is 0 Å². The molecule has 0 aliphatic carbocycles. The van der Waals surface area contributed by atoms with Gasteiger partial charge in [0.05, 0.1) is 0 Å². The second-order valence-corrected chi connectivity index (χ2v) is 3.98. The van der Waals surface area contributed by atoms with Crippen LogP contribution in [0.25, 0.3) is 0 Å². The van der Waals surface area contributed by atoms with Crippen LogP contribution in [0.1, 0.15) is 30.5 Å². The minimum Gasteiger partial charge on any atom is -0.326 e. The van der Waals surface area contributed by atoms with E-state index in [1.54, 1.807) is 0 Å². The lowest BCUT2D eigenvalue weighted by Crippen LogP contribution is -2.04. The van der Waals surface area contributed by atoms with Crippen molar-refractivity contribution >= 4 is 0 Å². The molecule has 0 fully saturated rings. The van der Waals surface area contributed by atoms with Gasteiger partial charge < -0.3 is 5.73 Å². The molecule has 0 saturated heterocycles. The van der Waals surface area contributed by atoms with Gasteiger partial charge in [-0.3, -0.25) is 0 Å². The van der Waals surface area contributed by atoms with Crippen LogP contribution in [0.4, 0.5) is 0 Å². The van der Waals surface area contributed by atoms with E-state index < -0.39 is 0 Å². The third kappa shape index (κ3) is 2.85. The van der Waals surface area contributed by atoms with Crippen molar-refractivity contribution < 1.29 is 0 Å². The first-order valence-electron chi connectivity index (χ1n) is 4.83. The quantitative estimate of drug-likeness (QED) is 0.752. The average Bonchev–Trinajstić information content (AvgIpc) is 2.03. The van der Waals surface area contributed by atoms with E-state index in [0.717, 1.165) is 6.42 Å². The fourth-order valence-corrected chi connectivity index (χ4v) is 1.51. The Labute approximate surface area is 81.0 Å². The highest BCUT2D eigenvalue weighted by atomic mass is 14.5. The number of hydrogen-bond donors (Lipinski definition) is 1. The van der Waals surface area contributed by atoms with Gasteiger partial charge in [0.15, 0.2) is 0 Å². The van der Waals surface area contributed by atoms with Crippen LogP contribution in [-0.2, 0) is 13.0 Å². The van der Waals surface area contributed by atoms with Gasteiger partial charge in [-0.1, -0.05) is 31.5 Å². The van der Waals surface area contributed by atoms with Crippen LogP contribution in [-0.4, -0.2) is 0 Å². The molecule has 0 bridgehead atoms. The van der Waals surface area contributed by atoms with Crippen LogP contribution < -0.4 is 5.73 Å². The molecule has 0 saturated carbocycles. The normalized spacial score (nSPS) is 10.8. The summed E-state index contributed by atoms with van der Waals surface area (Å²) >= 11 is 0. The average molecular weight is 176 g/mol. The molecule has 1 heteroatoms. The molecule has 0 aliphatic heterocycles. The van der Waals surface area contributed by atoms with E-state index in [-0.39, 0.29) is 0 Å². The molecule has 1 radical (unpaired) electrons. The van der Waals surface area contributed by atoms with Gasteiger partial charge in [0.2, 0.25) is 0 Å². The molecule has 13 heavy (non-hydrogen) atoms. The Morgan fingerprint density at radius 1 is 1.46 bits per heavy atom. The zero-order valence-electron chi connectivity index (χ0n) is 8.72. The van der Waals surface area contributed by atoms with Crippen LogP contribution in [0.2, 0.25) is 0 Å². The first kappa shape index (κ1) is 10.3. The largest absolute Gasteiger partial charge is 0.326 e. The van der Waals surface area contributed by atoms with Crippen molar-refractivity contribution in [3.05, 3.63) is 34.9 Å². The predicted molar refractivity (Wildman–Crippen MR) is 56.4 cm³/mol. The molecule has 0 aromatic heterocycles. The monoisotopic (exact) mass is 176 g/mol. The Balaban J connectivity index is 2.94. The molecule has 0 atom stereocenters. The lowest BCUT2D eigenvalue weighted by atomic mass is 9.96. The summed E-state index contributed by atoms with van der Waals surface area (Å²) in [6.07, 6.45) is 1.10. The molecule has 1 nitrogen and oxygen atoms in total. The van der Waals surface area contributed by atoms with Gasteiger partial charge in [0.1, 0.15) is 0 Å². The van der Waals surface area contributed by atoms with Gasteiger partial charge in [-0.05, 0) is 36.5 Å². The van der Waals surface area contributed by atoms with E-state index >= 15 is 0 Å². The number of aryl methyl sites for hydroxylation is 1. The van der Waals surface area contributed by atoms with Crippen LogP contribution in [0.15, 0.2) is 12.1 Å². The maximum Gasteiger partial charge on any atom is 0.0187 e. The van der Waals surface area contributed by atoms with E-state index in [9.17, 15) is 0 Å². The summed E-state index contributed by atoms with van der Waals surface area (Å²) in [5.41, 5.74) is 9.44. The molecule has 1 aromatic carbocycles. The number of hydrogen-bond acceptors (Lipinski definition) is 1. The maximum absolute atomic E-state index is 5.65. The van der Waals surface area contributed by atoms with Crippen molar-refractivity contribution in [1.29, 1.82) is 0 Å². The Bertz CT molecular complexity index is 276. The fraction of sp³-hybridized carbons (Fsp3) is 0.500. The van der Waals surface area contributed by atoms with Crippen LogP contribution in [0.3, 0.4) is 0 Å². The molecule has 0 heterocycles. The van der Waals surface area contributed by atoms with Crippen molar-refractivity contribution in [3.63, 3.8) is 0 Å². The van der Waals surface area contributed by atoms with Crippen LogP contribution in [0, 0.1) is 18.9 Å². The zero-order valence-corrected chi connectivity index (χ0v) is 8.72. The lowest BCUT2D eigenvalue weighted by molar-refractivity contribution is 0.642. The Morgan fingerprint density at radius 3 is 2.69 bits per heavy atom. The third-order valence-electron chi connectivity index (χ3n) is 2.10. The van der Waals surface area contributed by atoms with Crippen molar-refractivity contribution in [2.24, 2.45) is 11.7 Å². The van der Waals surface area contributed by atoms with E-state index in [1.165, 1.54) is 16.7 Å². The fourth-order valence-electron chi connectivity index (χ4n) is 1.51. The van der Waals surface area contributed by atoms with E-state index in [2.05, 4.69) is 32.9 Å². The van der Waals surface area contributed by atoms with Crippen LogP contribution >= 0.6 is 0 Å². The molecular weight excluding hydrogens is 158 g/mol. The first-order chi connectivity index (χ1) is 6.13. The molecule has 1 aromatic rings. The summed E-state index contributed by atoms with van der Waals surface area (Å²) in [6, 6.07) is 7.46. The van der Waals surface area contributed by atoms with Crippen molar-refractivity contribution in [3.8, 4) is 0 Å². The smallest absolute Gasteiger partial charge is 0.0187 e. The highest BCUT2D eigenvalue weighted by Gasteiger charge is 2.03. The summed E-state index contributed by atoms with van der Waals surface area (Å²) in [5, 5.41) is 0. The standard InChI is InChI=1S/C12H18N/c1-9(2)6-12-7-10(3)4-5-11(12)8-13/h4,7,9H,6,8,13H2,1-3H3. The van der Waals surface area contributed by atoms with Gasteiger partial charge in [-0.15, -0.1) is 0 Å². The van der Waals surface area contributed by atoms with E-state index in [1.807, 2.05) is 6.07 Å². The minimum atomic E-state index is 0.600. The SMILES string of the molecule is Cc1c[c]c(CN)c(CC(C)C)c1. The van der Waals surface area contributed by atoms with Gasteiger partial charge in [0.25, 0.3) is 0 Å². The molecule has 0 aliphatic rings. The summed E-state index contributed by atoms with van der Waals surface area (Å²) < 4.78 is 0. The summed E-state index contributed by atoms with van der Waals surface area (Å²) in [5.74, 6) is 0.681. The van der Waals surface area contributed by atoms with Gasteiger partial charge in [0, 0.05) is 6.54 Å². The Kier molecular flexibility index (Phi) is 3.49. The molecule has 0 amide bonds. The highest BCUT2D eigenvalue weighted by Crippen LogP contribution is 2.14. The molecule has 1 rings (SSSR count). The molecular formula is C12H18N. The second kappa shape index (κ2) is 4.43. The summed E-state index contributed by atoms with van der Waals surface area (Å²) in [4.78, 5) is 0. The lowest BCUT2D eigenvalue weighted by Gasteiger charge is -2.10. The van der Waals surface area contributed by atoms with E-state index in [0.29, 0.717) is 12.5 Å². The molecule has 2 N–H and O–H groups in total. The minimum absolute atomic E-state index is 0.600. The van der Waals surface area contributed by atoms with Gasteiger partial charge >= 0.3 is 0 Å². The van der Waals surface area contributed by atoms with Crippen molar-refractivity contribution in [2.75, 3.05) is 0 Å². The number of nitrogens with two attached hydrogens (primary N) is 1. The van der Waals surface area contributed by atoms with Crippen LogP contribution in [0.5, 0.6) is 0 Å². The maximum atomic E-state index is 5.65. The Morgan fingerprint density at radius 2 is 2.15 bits per heavy atom. The predicted octanol–water partition coefficient (Wildman–Crippen LogP) is 2.45. The Hall–Kier alpha value is -0.820. The third-order valence-corrected chi connectivity index (χ3v) is 2.10. The second-order valence-electron chi connectivity index (χ2n) is 3.98. The molecule has 0 spiro atoms. The van der Waals surface area contributed by atoms with Gasteiger partial charge in [-0.2, -0.15) is 0 Å².